The quantitative estimate of drug-likeness (QED) is 0.680. The number of imidazole rings is 1. The minimum absolute atomic E-state index is 0.224. The number of aromatic nitrogens is 2. The zero-order valence-corrected chi connectivity index (χ0v) is 9.70. The molecule has 6 heteroatoms. The highest BCUT2D eigenvalue weighted by atomic mass is 16.5. The van der Waals surface area contributed by atoms with Crippen molar-refractivity contribution in [3.05, 3.63) is 18.7 Å². The van der Waals surface area contributed by atoms with Crippen LogP contribution in [0.3, 0.4) is 0 Å². The lowest BCUT2D eigenvalue weighted by atomic mass is 10.0. The Hall–Kier alpha value is -1.85. The van der Waals surface area contributed by atoms with Gasteiger partial charge in [0.05, 0.1) is 7.11 Å². The van der Waals surface area contributed by atoms with Crippen LogP contribution in [0.4, 0.5) is 4.79 Å². The molecule has 1 aliphatic rings. The predicted molar refractivity (Wildman–Crippen MR) is 59.4 cm³/mol. The third-order valence-electron chi connectivity index (χ3n) is 2.95. The molecule has 2 heterocycles. The molecule has 0 aliphatic carbocycles. The van der Waals surface area contributed by atoms with Crippen molar-refractivity contribution in [3.8, 4) is 0 Å². The van der Waals surface area contributed by atoms with Crippen molar-refractivity contribution in [3.63, 3.8) is 0 Å². The number of amides is 1. The first kappa shape index (κ1) is 11.6. The SMILES string of the molecule is COC(=O)C1CCCCN1C(=O)n1ccnc1. The summed E-state index contributed by atoms with van der Waals surface area (Å²) < 4.78 is 6.11. The van der Waals surface area contributed by atoms with E-state index in [1.807, 2.05) is 0 Å². The Bertz CT molecular complexity index is 402. The van der Waals surface area contributed by atoms with E-state index in [4.69, 9.17) is 4.74 Å². The normalized spacial score (nSPS) is 20.1. The molecule has 1 aromatic rings. The van der Waals surface area contributed by atoms with Crippen molar-refractivity contribution in [1.29, 1.82) is 0 Å². The summed E-state index contributed by atoms with van der Waals surface area (Å²) in [6.07, 6.45) is 7.06. The average Bonchev–Trinajstić information content (AvgIpc) is 2.91. The van der Waals surface area contributed by atoms with Gasteiger partial charge >= 0.3 is 12.0 Å². The summed E-state index contributed by atoms with van der Waals surface area (Å²) >= 11 is 0. The Morgan fingerprint density at radius 1 is 1.41 bits per heavy atom. The minimum atomic E-state index is -0.469. The number of hydrogen-bond donors (Lipinski definition) is 0. The molecule has 0 saturated carbocycles. The summed E-state index contributed by atoms with van der Waals surface area (Å²) in [5, 5.41) is 0. The van der Waals surface area contributed by atoms with E-state index in [1.165, 1.54) is 24.2 Å². The van der Waals surface area contributed by atoms with Crippen LogP contribution in [0.2, 0.25) is 0 Å². The maximum absolute atomic E-state index is 12.1. The number of methoxy groups -OCH3 is 1. The monoisotopic (exact) mass is 237 g/mol. The molecule has 1 aromatic heterocycles. The van der Waals surface area contributed by atoms with Crippen LogP contribution in [-0.4, -0.2) is 46.1 Å². The number of rotatable bonds is 1. The van der Waals surface area contributed by atoms with Crippen LogP contribution in [0.25, 0.3) is 0 Å². The van der Waals surface area contributed by atoms with E-state index < -0.39 is 6.04 Å². The fourth-order valence-electron chi connectivity index (χ4n) is 2.06. The fraction of sp³-hybridized carbons (Fsp3) is 0.545. The highest BCUT2D eigenvalue weighted by molar-refractivity contribution is 5.84. The van der Waals surface area contributed by atoms with Gasteiger partial charge in [-0.2, -0.15) is 0 Å². The van der Waals surface area contributed by atoms with Gasteiger partial charge in [0, 0.05) is 18.9 Å². The zero-order chi connectivity index (χ0) is 12.3. The summed E-state index contributed by atoms with van der Waals surface area (Å²) in [4.78, 5) is 29.1. The van der Waals surface area contributed by atoms with Crippen LogP contribution >= 0.6 is 0 Å². The first-order valence-electron chi connectivity index (χ1n) is 5.61. The second-order valence-electron chi connectivity index (χ2n) is 3.98. The number of esters is 1. The van der Waals surface area contributed by atoms with Crippen molar-refractivity contribution < 1.29 is 14.3 Å². The van der Waals surface area contributed by atoms with Crippen molar-refractivity contribution in [2.75, 3.05) is 13.7 Å². The van der Waals surface area contributed by atoms with E-state index in [0.29, 0.717) is 13.0 Å². The van der Waals surface area contributed by atoms with Gasteiger partial charge in [0.15, 0.2) is 0 Å². The van der Waals surface area contributed by atoms with Crippen LogP contribution < -0.4 is 0 Å². The van der Waals surface area contributed by atoms with E-state index >= 15 is 0 Å². The van der Waals surface area contributed by atoms with E-state index in [2.05, 4.69) is 4.98 Å². The highest BCUT2D eigenvalue weighted by Gasteiger charge is 2.33. The number of carbonyl (C=O) groups excluding carboxylic acids is 2. The number of likely N-dealkylation sites (tertiary alicyclic amines) is 1. The number of carbonyl (C=O) groups is 2. The van der Waals surface area contributed by atoms with Crippen molar-refractivity contribution in [2.45, 2.75) is 25.3 Å². The summed E-state index contributed by atoms with van der Waals surface area (Å²) in [6, 6.07) is -0.693. The Balaban J connectivity index is 2.16. The molecule has 1 atom stereocenters. The van der Waals surface area contributed by atoms with Gasteiger partial charge in [-0.1, -0.05) is 0 Å². The van der Waals surface area contributed by atoms with Gasteiger partial charge in [0.1, 0.15) is 12.4 Å². The second-order valence-corrected chi connectivity index (χ2v) is 3.98. The summed E-state index contributed by atoms with van der Waals surface area (Å²) in [7, 11) is 1.34. The van der Waals surface area contributed by atoms with Gasteiger partial charge in [-0.3, -0.25) is 4.57 Å². The lowest BCUT2D eigenvalue weighted by molar-refractivity contribution is -0.146. The molecule has 1 unspecified atom stereocenters. The minimum Gasteiger partial charge on any atom is -0.467 e. The highest BCUT2D eigenvalue weighted by Crippen LogP contribution is 2.19. The van der Waals surface area contributed by atoms with E-state index in [0.717, 1.165) is 12.8 Å². The Morgan fingerprint density at radius 2 is 2.24 bits per heavy atom. The summed E-state index contributed by atoms with van der Waals surface area (Å²) in [5.41, 5.74) is 0. The molecule has 1 aliphatic heterocycles. The topological polar surface area (TPSA) is 64.4 Å². The number of ether oxygens (including phenoxy) is 1. The molecule has 0 N–H and O–H groups in total. The second kappa shape index (κ2) is 4.99. The molecule has 0 radical (unpaired) electrons. The summed E-state index contributed by atoms with van der Waals surface area (Å²) in [5.74, 6) is -0.349. The molecule has 0 bridgehead atoms. The zero-order valence-electron chi connectivity index (χ0n) is 9.70. The Kier molecular flexibility index (Phi) is 3.41. The molecule has 1 amide bonds. The van der Waals surface area contributed by atoms with Gasteiger partial charge in [-0.05, 0) is 19.3 Å². The van der Waals surface area contributed by atoms with Crippen LogP contribution in [0.15, 0.2) is 18.7 Å². The molecule has 0 aromatic carbocycles. The van der Waals surface area contributed by atoms with Crippen LogP contribution in [0.5, 0.6) is 0 Å². The van der Waals surface area contributed by atoms with Gasteiger partial charge in [-0.15, -0.1) is 0 Å². The molecule has 2 rings (SSSR count). The van der Waals surface area contributed by atoms with Gasteiger partial charge in [-0.25, -0.2) is 14.6 Å². The molecule has 6 nitrogen and oxygen atoms in total. The van der Waals surface area contributed by atoms with Crippen LogP contribution in [0, 0.1) is 0 Å². The maximum atomic E-state index is 12.1. The lowest BCUT2D eigenvalue weighted by Crippen LogP contribution is -2.49. The maximum Gasteiger partial charge on any atom is 0.330 e. The van der Waals surface area contributed by atoms with Crippen molar-refractivity contribution in [1.82, 2.24) is 14.5 Å². The van der Waals surface area contributed by atoms with Crippen molar-refractivity contribution in [2.24, 2.45) is 0 Å². The number of piperidine rings is 1. The van der Waals surface area contributed by atoms with E-state index in [9.17, 15) is 9.59 Å². The average molecular weight is 237 g/mol. The number of nitrogens with zero attached hydrogens (tertiary/aromatic N) is 3. The molecule has 0 spiro atoms. The lowest BCUT2D eigenvalue weighted by Gasteiger charge is -2.33. The predicted octanol–water partition coefficient (Wildman–Crippen LogP) is 0.879. The molecular formula is C11H15N3O3. The van der Waals surface area contributed by atoms with E-state index in [-0.39, 0.29) is 12.0 Å². The Morgan fingerprint density at radius 3 is 2.88 bits per heavy atom. The third kappa shape index (κ3) is 2.30. The Labute approximate surface area is 99.2 Å². The third-order valence-corrected chi connectivity index (χ3v) is 2.95. The summed E-state index contributed by atoms with van der Waals surface area (Å²) in [6.45, 7) is 0.580. The first-order chi connectivity index (χ1) is 8.24. The molecule has 1 saturated heterocycles. The van der Waals surface area contributed by atoms with Gasteiger partial charge < -0.3 is 9.64 Å². The molecule has 1 fully saturated rings. The van der Waals surface area contributed by atoms with Gasteiger partial charge in [0.2, 0.25) is 0 Å². The molecular weight excluding hydrogens is 222 g/mol. The first-order valence-corrected chi connectivity index (χ1v) is 5.61. The number of hydrogen-bond acceptors (Lipinski definition) is 4. The van der Waals surface area contributed by atoms with Gasteiger partial charge in [0.25, 0.3) is 0 Å². The fourth-order valence-corrected chi connectivity index (χ4v) is 2.06. The van der Waals surface area contributed by atoms with Crippen LogP contribution in [-0.2, 0) is 9.53 Å². The standard InChI is InChI=1S/C11H15N3O3/c1-17-10(15)9-4-2-3-6-14(9)11(16)13-7-5-12-8-13/h5,7-9H,2-4,6H2,1H3. The molecule has 92 valence electrons. The molecule has 17 heavy (non-hydrogen) atoms. The smallest absolute Gasteiger partial charge is 0.330 e. The van der Waals surface area contributed by atoms with Crippen LogP contribution in [0.1, 0.15) is 19.3 Å². The largest absolute Gasteiger partial charge is 0.467 e. The van der Waals surface area contributed by atoms with Crippen molar-refractivity contribution >= 4 is 12.0 Å². The van der Waals surface area contributed by atoms with E-state index in [1.54, 1.807) is 11.1 Å².